The van der Waals surface area contributed by atoms with Crippen LogP contribution in [0.25, 0.3) is 0 Å². The summed E-state index contributed by atoms with van der Waals surface area (Å²) in [5.74, 6) is -0.991. The van der Waals surface area contributed by atoms with Crippen LogP contribution in [0.3, 0.4) is 0 Å². The Morgan fingerprint density at radius 1 is 1.50 bits per heavy atom. The molecule has 0 saturated heterocycles. The summed E-state index contributed by atoms with van der Waals surface area (Å²) in [6.07, 6.45) is 1.81. The zero-order valence-corrected chi connectivity index (χ0v) is 9.43. The molecule has 6 nitrogen and oxygen atoms in total. The molecule has 1 N–H and O–H groups in total. The highest BCUT2D eigenvalue weighted by Crippen LogP contribution is 2.09. The van der Waals surface area contributed by atoms with Crippen molar-refractivity contribution in [3.8, 4) is 0 Å². The Morgan fingerprint density at radius 3 is 2.62 bits per heavy atom. The lowest BCUT2D eigenvalue weighted by Crippen LogP contribution is -2.26. The highest BCUT2D eigenvalue weighted by molar-refractivity contribution is 5.72. The second kappa shape index (κ2) is 4.34. The third-order valence-corrected chi connectivity index (χ3v) is 1.57. The molecule has 88 valence electrons. The molecule has 0 aromatic carbocycles. The van der Waals surface area contributed by atoms with E-state index in [4.69, 9.17) is 9.84 Å². The molecule has 0 radical (unpaired) electrons. The molecule has 0 unspecified atom stereocenters. The lowest BCUT2D eigenvalue weighted by Gasteiger charge is -2.19. The number of carboxylic acid groups (broad SMARTS) is 1. The van der Waals surface area contributed by atoms with Gasteiger partial charge in [-0.1, -0.05) is 0 Å². The minimum Gasteiger partial charge on any atom is -0.481 e. The molecule has 0 amide bonds. The van der Waals surface area contributed by atoms with E-state index < -0.39 is 17.7 Å². The van der Waals surface area contributed by atoms with Crippen LogP contribution in [0.1, 0.15) is 26.5 Å². The Labute approximate surface area is 92.9 Å². The molecule has 1 aromatic heterocycles. The van der Waals surface area contributed by atoms with E-state index in [2.05, 4.69) is 4.98 Å². The van der Waals surface area contributed by atoms with Gasteiger partial charge in [0.1, 0.15) is 11.9 Å². The zero-order valence-electron chi connectivity index (χ0n) is 9.43. The SMILES string of the molecule is CC(C)(C)OC(=O)n1cnc(CC(=O)O)c1. The van der Waals surface area contributed by atoms with Gasteiger partial charge in [-0.15, -0.1) is 0 Å². The maximum absolute atomic E-state index is 11.5. The van der Waals surface area contributed by atoms with Crippen molar-refractivity contribution in [2.75, 3.05) is 0 Å². The number of nitrogens with zero attached hydrogens (tertiary/aromatic N) is 2. The van der Waals surface area contributed by atoms with Gasteiger partial charge in [0.2, 0.25) is 0 Å². The maximum atomic E-state index is 11.5. The van der Waals surface area contributed by atoms with Crippen molar-refractivity contribution >= 4 is 12.1 Å². The van der Waals surface area contributed by atoms with E-state index in [9.17, 15) is 9.59 Å². The van der Waals surface area contributed by atoms with Crippen molar-refractivity contribution in [2.45, 2.75) is 32.8 Å². The molecule has 1 heterocycles. The number of ether oxygens (including phenoxy) is 1. The fraction of sp³-hybridized carbons (Fsp3) is 0.500. The summed E-state index contributed by atoms with van der Waals surface area (Å²) in [4.78, 5) is 25.7. The summed E-state index contributed by atoms with van der Waals surface area (Å²) < 4.78 is 6.21. The predicted molar refractivity (Wildman–Crippen MR) is 55.2 cm³/mol. The van der Waals surface area contributed by atoms with Crippen LogP contribution >= 0.6 is 0 Å². The maximum Gasteiger partial charge on any atom is 0.419 e. The monoisotopic (exact) mass is 226 g/mol. The predicted octanol–water partition coefficient (Wildman–Crippen LogP) is 1.29. The Morgan fingerprint density at radius 2 is 2.12 bits per heavy atom. The highest BCUT2D eigenvalue weighted by atomic mass is 16.6. The van der Waals surface area contributed by atoms with Crippen molar-refractivity contribution in [3.63, 3.8) is 0 Å². The zero-order chi connectivity index (χ0) is 12.3. The molecule has 1 rings (SSSR count). The molecule has 0 aliphatic carbocycles. The van der Waals surface area contributed by atoms with Crippen molar-refractivity contribution in [2.24, 2.45) is 0 Å². The fourth-order valence-corrected chi connectivity index (χ4v) is 1.02. The van der Waals surface area contributed by atoms with Gasteiger partial charge in [-0.2, -0.15) is 0 Å². The first-order valence-electron chi connectivity index (χ1n) is 4.76. The quantitative estimate of drug-likeness (QED) is 0.821. The highest BCUT2D eigenvalue weighted by Gasteiger charge is 2.18. The van der Waals surface area contributed by atoms with Crippen LogP contribution < -0.4 is 0 Å². The summed E-state index contributed by atoms with van der Waals surface area (Å²) in [6.45, 7) is 5.25. The first-order chi connectivity index (χ1) is 7.28. The first-order valence-corrected chi connectivity index (χ1v) is 4.76. The van der Waals surface area contributed by atoms with E-state index in [1.807, 2.05) is 0 Å². The van der Waals surface area contributed by atoms with Gasteiger partial charge in [0, 0.05) is 6.20 Å². The molecule has 16 heavy (non-hydrogen) atoms. The minimum absolute atomic E-state index is 0.213. The van der Waals surface area contributed by atoms with Crippen LogP contribution in [0.5, 0.6) is 0 Å². The summed E-state index contributed by atoms with van der Waals surface area (Å²) in [6, 6.07) is 0. The van der Waals surface area contributed by atoms with E-state index >= 15 is 0 Å². The van der Waals surface area contributed by atoms with Crippen molar-refractivity contribution in [3.05, 3.63) is 18.2 Å². The summed E-state index contributed by atoms with van der Waals surface area (Å²) in [5.41, 5.74) is -0.271. The standard InChI is InChI=1S/C10H14N2O4/c1-10(2,3)16-9(15)12-5-7(11-6-12)4-8(13)14/h5-6H,4H2,1-3H3,(H,13,14). The number of carboxylic acids is 1. The van der Waals surface area contributed by atoms with Crippen molar-refractivity contribution < 1.29 is 19.4 Å². The molecule has 0 spiro atoms. The van der Waals surface area contributed by atoms with E-state index in [1.165, 1.54) is 12.5 Å². The molecule has 0 atom stereocenters. The minimum atomic E-state index is -0.991. The second-order valence-corrected chi connectivity index (χ2v) is 4.32. The summed E-state index contributed by atoms with van der Waals surface area (Å²) in [5, 5.41) is 8.54. The largest absolute Gasteiger partial charge is 0.481 e. The molecular formula is C10H14N2O4. The molecule has 1 aromatic rings. The number of carbonyl (C=O) groups excluding carboxylic acids is 1. The number of rotatable bonds is 2. The molecule has 6 heteroatoms. The Bertz CT molecular complexity index is 403. The Balaban J connectivity index is 2.71. The van der Waals surface area contributed by atoms with Gasteiger partial charge in [0.25, 0.3) is 0 Å². The van der Waals surface area contributed by atoms with Crippen molar-refractivity contribution in [1.82, 2.24) is 9.55 Å². The van der Waals surface area contributed by atoms with E-state index in [-0.39, 0.29) is 6.42 Å². The van der Waals surface area contributed by atoms with Crippen LogP contribution in [-0.4, -0.2) is 32.3 Å². The Kier molecular flexibility index (Phi) is 3.31. The van der Waals surface area contributed by atoms with Crippen LogP contribution in [0.2, 0.25) is 0 Å². The van der Waals surface area contributed by atoms with E-state index in [0.717, 1.165) is 4.57 Å². The lowest BCUT2D eigenvalue weighted by atomic mass is 10.2. The lowest BCUT2D eigenvalue weighted by molar-refractivity contribution is -0.136. The normalized spacial score (nSPS) is 11.2. The van der Waals surface area contributed by atoms with Gasteiger partial charge in [-0.25, -0.2) is 14.3 Å². The fourth-order valence-electron chi connectivity index (χ4n) is 1.02. The molecule has 0 saturated carbocycles. The smallest absolute Gasteiger partial charge is 0.419 e. The average molecular weight is 226 g/mol. The molecule has 0 bridgehead atoms. The van der Waals surface area contributed by atoms with Crippen LogP contribution in [0.15, 0.2) is 12.5 Å². The van der Waals surface area contributed by atoms with Crippen LogP contribution in [-0.2, 0) is 16.0 Å². The van der Waals surface area contributed by atoms with Gasteiger partial charge in [-0.05, 0) is 20.8 Å². The first kappa shape index (κ1) is 12.2. The van der Waals surface area contributed by atoms with Gasteiger partial charge in [-0.3, -0.25) is 4.79 Å². The van der Waals surface area contributed by atoms with Gasteiger partial charge >= 0.3 is 12.1 Å². The Hall–Kier alpha value is -1.85. The van der Waals surface area contributed by atoms with Gasteiger partial charge < -0.3 is 9.84 Å². The topological polar surface area (TPSA) is 81.4 Å². The number of hydrogen-bond acceptors (Lipinski definition) is 4. The van der Waals surface area contributed by atoms with Gasteiger partial charge in [0.15, 0.2) is 0 Å². The van der Waals surface area contributed by atoms with Crippen molar-refractivity contribution in [1.29, 1.82) is 0 Å². The third kappa shape index (κ3) is 3.72. The summed E-state index contributed by atoms with van der Waals surface area (Å²) in [7, 11) is 0. The number of aliphatic carboxylic acids is 1. The van der Waals surface area contributed by atoms with Crippen LogP contribution in [0.4, 0.5) is 4.79 Å². The van der Waals surface area contributed by atoms with Crippen LogP contribution in [0, 0.1) is 0 Å². The number of imidazole rings is 1. The number of aromatic nitrogens is 2. The molecule has 0 aliphatic heterocycles. The van der Waals surface area contributed by atoms with Gasteiger partial charge in [0.05, 0.1) is 12.1 Å². The molecule has 0 aliphatic rings. The second-order valence-electron chi connectivity index (χ2n) is 4.32. The van der Waals surface area contributed by atoms with E-state index in [0.29, 0.717) is 5.69 Å². The average Bonchev–Trinajstić information content (AvgIpc) is 2.48. The van der Waals surface area contributed by atoms with E-state index in [1.54, 1.807) is 20.8 Å². The summed E-state index contributed by atoms with van der Waals surface area (Å²) >= 11 is 0. The number of carbonyl (C=O) groups is 2. The third-order valence-electron chi connectivity index (χ3n) is 1.57. The molecule has 0 fully saturated rings. The number of hydrogen-bond donors (Lipinski definition) is 1. The molecular weight excluding hydrogens is 212 g/mol.